The van der Waals surface area contributed by atoms with Gasteiger partial charge in [-0.05, 0) is 72.6 Å². The van der Waals surface area contributed by atoms with Gasteiger partial charge in [0.1, 0.15) is 0 Å². The maximum absolute atomic E-state index is 4.94. The molecule has 4 aliphatic heterocycles. The SMILES string of the molecule is C1CCOC1.C1CCOC1.C1CCOC1.C1CCOC1.[Yb].c1ccc(Pc2ccccc2)cc1.c1ccc(Pc2ccccc2)cc1. The number of hydrogen-bond acceptors (Lipinski definition) is 4. The molecule has 4 aromatic rings. The first-order valence-electron chi connectivity index (χ1n) is 17.0. The van der Waals surface area contributed by atoms with Gasteiger partial charge in [0.05, 0.1) is 0 Å². The Kier molecular flexibility index (Phi) is 28.0. The Morgan fingerprint density at radius 1 is 0.277 bits per heavy atom. The van der Waals surface area contributed by atoms with Gasteiger partial charge in [-0.15, -0.1) is 0 Å². The molecule has 4 saturated heterocycles. The summed E-state index contributed by atoms with van der Waals surface area (Å²) in [5, 5.41) is 5.59. The predicted molar refractivity (Wildman–Crippen MR) is 201 cm³/mol. The van der Waals surface area contributed by atoms with Crippen LogP contribution in [0, 0.1) is 46.9 Å². The molecule has 7 heteroatoms. The summed E-state index contributed by atoms with van der Waals surface area (Å²) in [6, 6.07) is 42.3. The molecule has 0 aromatic heterocycles. The van der Waals surface area contributed by atoms with Crippen LogP contribution < -0.4 is 21.2 Å². The van der Waals surface area contributed by atoms with Gasteiger partial charge in [0.25, 0.3) is 0 Å². The fourth-order valence-corrected chi connectivity index (χ4v) is 6.56. The van der Waals surface area contributed by atoms with Gasteiger partial charge in [0.15, 0.2) is 0 Å². The summed E-state index contributed by atoms with van der Waals surface area (Å²) in [5.74, 6) is 0. The summed E-state index contributed by atoms with van der Waals surface area (Å²) in [5.41, 5.74) is 0. The van der Waals surface area contributed by atoms with Crippen molar-refractivity contribution in [3.8, 4) is 0 Å². The van der Waals surface area contributed by atoms with E-state index in [9.17, 15) is 0 Å². The van der Waals surface area contributed by atoms with Gasteiger partial charge >= 0.3 is 0 Å². The van der Waals surface area contributed by atoms with Crippen LogP contribution in [0.4, 0.5) is 0 Å². The maximum atomic E-state index is 4.94. The Labute approximate surface area is 326 Å². The minimum Gasteiger partial charge on any atom is -0.381 e. The topological polar surface area (TPSA) is 36.9 Å². The molecule has 4 nitrogen and oxygen atoms in total. The number of rotatable bonds is 4. The van der Waals surface area contributed by atoms with Crippen LogP contribution in [0.25, 0.3) is 0 Å². The second-order valence-corrected chi connectivity index (χ2v) is 13.8. The van der Waals surface area contributed by atoms with E-state index in [1.165, 1.54) is 72.6 Å². The van der Waals surface area contributed by atoms with Crippen LogP contribution in [0.15, 0.2) is 121 Å². The molecule has 0 spiro atoms. The molecule has 4 aromatic carbocycles. The first-order valence-corrected chi connectivity index (χ1v) is 19.0. The molecule has 4 heterocycles. The molecule has 0 radical (unpaired) electrons. The molecule has 47 heavy (non-hydrogen) atoms. The third-order valence-corrected chi connectivity index (χ3v) is 9.47. The Balaban J connectivity index is 0.000000208. The van der Waals surface area contributed by atoms with Gasteiger partial charge in [-0.1, -0.05) is 138 Å². The van der Waals surface area contributed by atoms with E-state index in [1.54, 1.807) is 0 Å². The van der Waals surface area contributed by atoms with Crippen LogP contribution >= 0.6 is 17.2 Å². The Morgan fingerprint density at radius 2 is 0.447 bits per heavy atom. The maximum Gasteiger partial charge on any atom is 0.0466 e. The monoisotopic (exact) mass is 834 g/mol. The van der Waals surface area contributed by atoms with Crippen LogP contribution in [0.2, 0.25) is 0 Å². The Bertz CT molecular complexity index is 966. The first kappa shape index (κ1) is 42.3. The molecule has 0 N–H and O–H groups in total. The van der Waals surface area contributed by atoms with Crippen LogP contribution in [0.1, 0.15) is 51.4 Å². The zero-order chi connectivity index (χ0) is 32.0. The van der Waals surface area contributed by atoms with Crippen LogP contribution in [-0.2, 0) is 18.9 Å². The standard InChI is InChI=1S/2C12H11P.4C4H8O.Yb/c2*1-3-7-11(8-4-1)13-12-9-5-2-6-10-12;4*1-2-4-5-3-1;/h2*1-10,13H;4*1-4H2;. The van der Waals surface area contributed by atoms with Crippen LogP contribution in [-0.4, -0.2) is 52.9 Å². The number of benzene rings is 4. The quantitative estimate of drug-likeness (QED) is 0.197. The van der Waals surface area contributed by atoms with E-state index in [2.05, 4.69) is 121 Å². The fourth-order valence-electron chi connectivity index (χ4n) is 4.46. The van der Waals surface area contributed by atoms with Crippen molar-refractivity contribution in [1.29, 1.82) is 0 Å². The molecular formula is C40H54O4P2Yb. The van der Waals surface area contributed by atoms with E-state index < -0.39 is 0 Å². The van der Waals surface area contributed by atoms with Crippen molar-refractivity contribution in [2.75, 3.05) is 52.9 Å². The van der Waals surface area contributed by atoms with Crippen molar-refractivity contribution < 1.29 is 65.9 Å². The molecular weight excluding hydrogens is 779 g/mol. The van der Waals surface area contributed by atoms with Gasteiger partial charge in [0, 0.05) is 99.8 Å². The summed E-state index contributed by atoms with van der Waals surface area (Å²) in [6.45, 7) is 8.00. The molecule has 4 aliphatic rings. The zero-order valence-corrected chi connectivity index (χ0v) is 31.5. The van der Waals surface area contributed by atoms with Crippen molar-refractivity contribution in [1.82, 2.24) is 0 Å². The molecule has 8 rings (SSSR count). The van der Waals surface area contributed by atoms with E-state index >= 15 is 0 Å². The van der Waals surface area contributed by atoms with Gasteiger partial charge in [-0.25, -0.2) is 0 Å². The third kappa shape index (κ3) is 24.0. The normalized spacial score (nSPS) is 15.7. The third-order valence-electron chi connectivity index (χ3n) is 6.98. The number of ether oxygens (including phenoxy) is 4. The molecule has 262 valence electrons. The van der Waals surface area contributed by atoms with Gasteiger partial charge in [0.2, 0.25) is 0 Å². The van der Waals surface area contributed by atoms with E-state index in [0.29, 0.717) is 0 Å². The summed E-state index contributed by atoms with van der Waals surface area (Å²) in [7, 11) is 1.55. The van der Waals surface area contributed by atoms with Crippen molar-refractivity contribution in [2.45, 2.75) is 51.4 Å². The van der Waals surface area contributed by atoms with E-state index in [-0.39, 0.29) is 46.9 Å². The summed E-state index contributed by atoms with van der Waals surface area (Å²) < 4.78 is 19.8. The van der Waals surface area contributed by atoms with Crippen LogP contribution in [0.5, 0.6) is 0 Å². The summed E-state index contributed by atoms with van der Waals surface area (Å²) in [6.07, 6.45) is 10.2. The van der Waals surface area contributed by atoms with E-state index in [1.807, 2.05) is 0 Å². The first-order chi connectivity index (χ1) is 22.9. The zero-order valence-electron chi connectivity index (χ0n) is 27.8. The fraction of sp³-hybridized carbons (Fsp3) is 0.400. The molecule has 0 unspecified atom stereocenters. The predicted octanol–water partition coefficient (Wildman–Crippen LogP) is 7.82. The summed E-state index contributed by atoms with van der Waals surface area (Å²) in [4.78, 5) is 0. The van der Waals surface area contributed by atoms with Gasteiger partial charge < -0.3 is 18.9 Å². The molecule has 0 aliphatic carbocycles. The van der Waals surface area contributed by atoms with Crippen molar-refractivity contribution in [3.05, 3.63) is 121 Å². The molecule has 0 saturated carbocycles. The Morgan fingerprint density at radius 3 is 0.574 bits per heavy atom. The Hall–Kier alpha value is -0.901. The molecule has 4 fully saturated rings. The second kappa shape index (κ2) is 31.1. The van der Waals surface area contributed by atoms with Crippen molar-refractivity contribution in [3.63, 3.8) is 0 Å². The molecule has 0 amide bonds. The largest absolute Gasteiger partial charge is 0.381 e. The minimum atomic E-state index is 0. The second-order valence-electron chi connectivity index (χ2n) is 11.0. The van der Waals surface area contributed by atoms with E-state index in [0.717, 1.165) is 70.0 Å². The molecule has 0 bridgehead atoms. The van der Waals surface area contributed by atoms with Crippen molar-refractivity contribution >= 4 is 38.4 Å². The molecule has 0 atom stereocenters. The number of hydrogen-bond donors (Lipinski definition) is 0. The van der Waals surface area contributed by atoms with Crippen molar-refractivity contribution in [2.24, 2.45) is 0 Å². The van der Waals surface area contributed by atoms with E-state index in [4.69, 9.17) is 18.9 Å². The van der Waals surface area contributed by atoms with Crippen LogP contribution in [0.3, 0.4) is 0 Å². The van der Waals surface area contributed by atoms with Gasteiger partial charge in [-0.3, -0.25) is 0 Å². The smallest absolute Gasteiger partial charge is 0.0466 e. The summed E-state index contributed by atoms with van der Waals surface area (Å²) >= 11 is 0. The minimum absolute atomic E-state index is 0. The average molecular weight is 834 g/mol. The average Bonchev–Trinajstić information content (AvgIpc) is 3.97. The van der Waals surface area contributed by atoms with Gasteiger partial charge in [-0.2, -0.15) is 0 Å².